The number of hydrogen-bond acceptors (Lipinski definition) is 5. The van der Waals surface area contributed by atoms with Crippen molar-refractivity contribution in [3.8, 4) is 5.75 Å². The van der Waals surface area contributed by atoms with Crippen LogP contribution < -0.4 is 14.4 Å². The van der Waals surface area contributed by atoms with Crippen LogP contribution in [-0.2, 0) is 25.0 Å². The Morgan fingerprint density at radius 1 is 1.13 bits per heavy atom. The highest BCUT2D eigenvalue weighted by Gasteiger charge is 2.35. The maximum Gasteiger partial charge on any atom is 0.260 e. The quantitative estimate of drug-likeness (QED) is 0.674. The average molecular weight is 447 g/mol. The average Bonchev–Trinajstić information content (AvgIpc) is 2.78. The molecule has 1 aliphatic rings. The molecule has 3 rings (SSSR count). The molecule has 8 heteroatoms. The van der Waals surface area contributed by atoms with E-state index in [0.29, 0.717) is 31.2 Å². The van der Waals surface area contributed by atoms with E-state index in [1.807, 2.05) is 18.2 Å². The Kier molecular flexibility index (Phi) is 7.23. The molecule has 1 unspecified atom stereocenters. The molecule has 1 aliphatic heterocycles. The van der Waals surface area contributed by atoms with E-state index >= 15 is 0 Å². The number of nitrogens with one attached hydrogen (secondary N) is 1. The zero-order valence-electron chi connectivity index (χ0n) is 18.2. The summed E-state index contributed by atoms with van der Waals surface area (Å²) < 4.78 is 35.8. The number of ether oxygens (including phenoxy) is 2. The molecule has 1 saturated heterocycles. The Bertz CT molecular complexity index is 971. The van der Waals surface area contributed by atoms with Gasteiger partial charge < -0.3 is 14.8 Å². The summed E-state index contributed by atoms with van der Waals surface area (Å²) in [6.07, 6.45) is 2.15. The smallest absolute Gasteiger partial charge is 0.260 e. The zero-order valence-corrected chi connectivity index (χ0v) is 19.0. The van der Waals surface area contributed by atoms with Gasteiger partial charge in [-0.2, -0.15) is 0 Å². The zero-order chi connectivity index (χ0) is 22.5. The predicted molar refractivity (Wildman–Crippen MR) is 121 cm³/mol. The van der Waals surface area contributed by atoms with Gasteiger partial charge in [0, 0.05) is 32.2 Å². The van der Waals surface area contributed by atoms with Gasteiger partial charge in [-0.1, -0.05) is 30.3 Å². The molecule has 0 aliphatic carbocycles. The molecule has 2 aromatic carbocycles. The third kappa shape index (κ3) is 5.77. The van der Waals surface area contributed by atoms with Gasteiger partial charge in [-0.3, -0.25) is 9.10 Å². The van der Waals surface area contributed by atoms with Crippen LogP contribution in [0.15, 0.2) is 54.6 Å². The van der Waals surface area contributed by atoms with E-state index in [0.717, 1.165) is 19.1 Å². The second kappa shape index (κ2) is 9.70. The molecule has 1 amide bonds. The maximum atomic E-state index is 12.7. The Balaban J connectivity index is 1.61. The summed E-state index contributed by atoms with van der Waals surface area (Å²) in [6, 6.07) is 16.8. The van der Waals surface area contributed by atoms with Crippen LogP contribution in [0.4, 0.5) is 5.69 Å². The van der Waals surface area contributed by atoms with E-state index in [9.17, 15) is 13.2 Å². The third-order valence-electron chi connectivity index (χ3n) is 5.82. The Hall–Kier alpha value is -2.58. The molecule has 2 aromatic rings. The minimum absolute atomic E-state index is 0.146. The molecule has 7 nitrogen and oxygen atoms in total. The predicted octanol–water partition coefficient (Wildman–Crippen LogP) is 2.71. The van der Waals surface area contributed by atoms with Crippen LogP contribution in [-0.4, -0.2) is 53.5 Å². The minimum Gasteiger partial charge on any atom is -0.481 e. The monoisotopic (exact) mass is 446 g/mol. The van der Waals surface area contributed by atoms with Crippen molar-refractivity contribution >= 4 is 21.6 Å². The summed E-state index contributed by atoms with van der Waals surface area (Å²) in [5.74, 6) is 0.302. The lowest BCUT2D eigenvalue weighted by molar-refractivity contribution is -0.127. The second-order valence-corrected chi connectivity index (χ2v) is 9.97. The highest BCUT2D eigenvalue weighted by molar-refractivity contribution is 7.92. The topological polar surface area (TPSA) is 84.9 Å². The summed E-state index contributed by atoms with van der Waals surface area (Å²) in [5, 5.41) is 3.05. The molecule has 1 atom stereocenters. The fraction of sp³-hybridized carbons (Fsp3) is 0.435. The first-order chi connectivity index (χ1) is 14.7. The largest absolute Gasteiger partial charge is 0.481 e. The molecular formula is C23H30N2O5S. The summed E-state index contributed by atoms with van der Waals surface area (Å²) in [5.41, 5.74) is 1.58. The fourth-order valence-electron chi connectivity index (χ4n) is 3.71. The number of nitrogens with zero attached hydrogens (tertiary/aromatic N) is 1. The van der Waals surface area contributed by atoms with E-state index < -0.39 is 16.1 Å². The fourth-order valence-corrected chi connectivity index (χ4v) is 4.21. The van der Waals surface area contributed by atoms with Crippen molar-refractivity contribution in [2.24, 2.45) is 0 Å². The summed E-state index contributed by atoms with van der Waals surface area (Å²) in [4.78, 5) is 12.7. The lowest BCUT2D eigenvalue weighted by atomic mass is 9.74. The second-order valence-electron chi connectivity index (χ2n) is 7.96. The van der Waals surface area contributed by atoms with Gasteiger partial charge in [-0.15, -0.1) is 0 Å². The van der Waals surface area contributed by atoms with Crippen LogP contribution >= 0.6 is 0 Å². The lowest BCUT2D eigenvalue weighted by Crippen LogP contribution is -2.47. The molecule has 1 N–H and O–H groups in total. The van der Waals surface area contributed by atoms with Gasteiger partial charge in [0.25, 0.3) is 5.91 Å². The van der Waals surface area contributed by atoms with E-state index in [4.69, 9.17) is 9.47 Å². The van der Waals surface area contributed by atoms with Gasteiger partial charge >= 0.3 is 0 Å². The van der Waals surface area contributed by atoms with Crippen molar-refractivity contribution in [3.05, 3.63) is 60.2 Å². The first-order valence-corrected chi connectivity index (χ1v) is 12.2. The van der Waals surface area contributed by atoms with Crippen LogP contribution in [0.25, 0.3) is 0 Å². The van der Waals surface area contributed by atoms with Crippen molar-refractivity contribution in [3.63, 3.8) is 0 Å². The molecule has 168 valence electrons. The van der Waals surface area contributed by atoms with Crippen LogP contribution in [0.5, 0.6) is 5.75 Å². The van der Waals surface area contributed by atoms with E-state index in [2.05, 4.69) is 17.4 Å². The van der Waals surface area contributed by atoms with Gasteiger partial charge in [0.1, 0.15) is 5.75 Å². The standard InChI is InChI=1S/C23H30N2O5S/c1-18(30-21-11-9-20(10-12-21)25(2)31(3,27)28)22(26)24-17-23(13-15-29-16-14-23)19-7-5-4-6-8-19/h4-12,18H,13-17H2,1-3H3,(H,24,26). The molecule has 0 saturated carbocycles. The van der Waals surface area contributed by atoms with Crippen LogP contribution in [0.2, 0.25) is 0 Å². The molecule has 0 spiro atoms. The van der Waals surface area contributed by atoms with Gasteiger partial charge in [0.2, 0.25) is 10.0 Å². The number of carbonyl (C=O) groups is 1. The Morgan fingerprint density at radius 2 is 1.74 bits per heavy atom. The van der Waals surface area contributed by atoms with Crippen LogP contribution in [0.3, 0.4) is 0 Å². The number of anilines is 1. The van der Waals surface area contributed by atoms with Gasteiger partial charge in [-0.05, 0) is 49.6 Å². The highest BCUT2D eigenvalue weighted by atomic mass is 32.2. The summed E-state index contributed by atoms with van der Waals surface area (Å²) in [6.45, 7) is 3.56. The number of benzene rings is 2. The number of amides is 1. The molecule has 1 heterocycles. The van der Waals surface area contributed by atoms with Crippen molar-refractivity contribution < 1.29 is 22.7 Å². The number of carbonyl (C=O) groups excluding carboxylic acids is 1. The lowest BCUT2D eigenvalue weighted by Gasteiger charge is -2.38. The van der Waals surface area contributed by atoms with E-state index in [1.54, 1.807) is 31.2 Å². The van der Waals surface area contributed by atoms with Gasteiger partial charge in [0.05, 0.1) is 11.9 Å². The number of rotatable bonds is 8. The van der Waals surface area contributed by atoms with Crippen LogP contribution in [0, 0.1) is 0 Å². The van der Waals surface area contributed by atoms with E-state index in [-0.39, 0.29) is 11.3 Å². The van der Waals surface area contributed by atoms with Crippen molar-refractivity contribution in [2.45, 2.75) is 31.3 Å². The summed E-state index contributed by atoms with van der Waals surface area (Å²) >= 11 is 0. The molecule has 0 aromatic heterocycles. The van der Waals surface area contributed by atoms with Crippen molar-refractivity contribution in [1.29, 1.82) is 0 Å². The van der Waals surface area contributed by atoms with Gasteiger partial charge in [0.15, 0.2) is 6.10 Å². The van der Waals surface area contributed by atoms with E-state index in [1.165, 1.54) is 16.9 Å². The van der Waals surface area contributed by atoms with Gasteiger partial charge in [-0.25, -0.2) is 8.42 Å². The maximum absolute atomic E-state index is 12.7. The molecule has 31 heavy (non-hydrogen) atoms. The number of sulfonamides is 1. The number of hydrogen-bond donors (Lipinski definition) is 1. The molecular weight excluding hydrogens is 416 g/mol. The third-order valence-corrected chi connectivity index (χ3v) is 7.02. The molecule has 1 fully saturated rings. The van der Waals surface area contributed by atoms with Crippen LogP contribution in [0.1, 0.15) is 25.3 Å². The first-order valence-electron chi connectivity index (χ1n) is 10.3. The normalized spacial score (nSPS) is 16.9. The van der Waals surface area contributed by atoms with Crippen molar-refractivity contribution in [2.75, 3.05) is 37.4 Å². The first kappa shape index (κ1) is 23.1. The Morgan fingerprint density at radius 3 is 2.32 bits per heavy atom. The Labute approximate surface area is 184 Å². The summed E-state index contributed by atoms with van der Waals surface area (Å²) in [7, 11) is -1.85. The highest BCUT2D eigenvalue weighted by Crippen LogP contribution is 2.34. The molecule has 0 bridgehead atoms. The SMILES string of the molecule is CC(Oc1ccc(N(C)S(C)(=O)=O)cc1)C(=O)NCC1(c2ccccc2)CCOCC1. The minimum atomic E-state index is -3.33. The molecule has 0 radical (unpaired) electrons. The van der Waals surface area contributed by atoms with Crippen molar-refractivity contribution in [1.82, 2.24) is 5.32 Å².